The van der Waals surface area contributed by atoms with Gasteiger partial charge in [0, 0.05) is 6.54 Å². The molecule has 2 nitrogen and oxygen atoms in total. The van der Waals surface area contributed by atoms with Crippen molar-refractivity contribution in [3.8, 4) is 0 Å². The fourth-order valence-electron chi connectivity index (χ4n) is 1.60. The van der Waals surface area contributed by atoms with Crippen molar-refractivity contribution in [3.05, 3.63) is 0 Å². The van der Waals surface area contributed by atoms with Crippen LogP contribution in [0.25, 0.3) is 0 Å². The maximum Gasteiger partial charge on any atom is 0.0693 e. The third-order valence-electron chi connectivity index (χ3n) is 2.25. The van der Waals surface area contributed by atoms with E-state index in [1.165, 1.54) is 12.8 Å². The highest BCUT2D eigenvalue weighted by molar-refractivity contribution is 4.76. The summed E-state index contributed by atoms with van der Waals surface area (Å²) in [5, 5.41) is 12.6. The van der Waals surface area contributed by atoms with Crippen molar-refractivity contribution in [2.45, 2.75) is 32.3 Å². The molecular weight excluding hydrogens is 126 g/mol. The van der Waals surface area contributed by atoms with Gasteiger partial charge in [-0.05, 0) is 25.3 Å². The number of β-amino-alcohol motifs (C(OH)–C–C–N with tert-alkyl or cyclic N) is 1. The summed E-state index contributed by atoms with van der Waals surface area (Å²) < 4.78 is 0. The van der Waals surface area contributed by atoms with Crippen LogP contribution in [0.5, 0.6) is 0 Å². The molecule has 0 aliphatic carbocycles. The number of nitrogens with one attached hydrogen (secondary N) is 1. The van der Waals surface area contributed by atoms with Crippen LogP contribution < -0.4 is 5.32 Å². The molecule has 2 atom stereocenters. The van der Waals surface area contributed by atoms with E-state index in [0.29, 0.717) is 5.92 Å². The average Bonchev–Trinajstić information content (AvgIpc) is 1.94. The Morgan fingerprint density at radius 1 is 1.60 bits per heavy atom. The number of hydrogen-bond donors (Lipinski definition) is 2. The second-order valence-electron chi connectivity index (χ2n) is 3.11. The monoisotopic (exact) mass is 143 g/mol. The summed E-state index contributed by atoms with van der Waals surface area (Å²) in [5.41, 5.74) is 0. The minimum Gasteiger partial charge on any atom is -0.392 e. The molecular formula is C8H17NO. The fourth-order valence-corrected chi connectivity index (χ4v) is 1.60. The Bertz CT molecular complexity index is 93.3. The van der Waals surface area contributed by atoms with Gasteiger partial charge >= 0.3 is 0 Å². The van der Waals surface area contributed by atoms with Gasteiger partial charge in [-0.25, -0.2) is 0 Å². The van der Waals surface area contributed by atoms with Crippen molar-refractivity contribution in [1.29, 1.82) is 0 Å². The van der Waals surface area contributed by atoms with E-state index in [4.69, 9.17) is 0 Å². The van der Waals surface area contributed by atoms with E-state index < -0.39 is 0 Å². The van der Waals surface area contributed by atoms with E-state index in [1.807, 2.05) is 0 Å². The molecule has 1 unspecified atom stereocenters. The van der Waals surface area contributed by atoms with E-state index in [1.54, 1.807) is 0 Å². The first-order valence-corrected chi connectivity index (χ1v) is 4.23. The van der Waals surface area contributed by atoms with Gasteiger partial charge in [-0.15, -0.1) is 0 Å². The lowest BCUT2D eigenvalue weighted by Gasteiger charge is -2.27. The molecule has 0 aromatic rings. The van der Waals surface area contributed by atoms with Gasteiger partial charge in [-0.2, -0.15) is 0 Å². The number of aliphatic hydroxyl groups excluding tert-OH is 1. The van der Waals surface area contributed by atoms with Crippen LogP contribution in [-0.2, 0) is 0 Å². The predicted molar refractivity (Wildman–Crippen MR) is 41.9 cm³/mol. The molecule has 0 aromatic carbocycles. The highest BCUT2D eigenvalue weighted by Crippen LogP contribution is 2.17. The number of aliphatic hydroxyl groups is 1. The van der Waals surface area contributed by atoms with Crippen LogP contribution >= 0.6 is 0 Å². The Morgan fingerprint density at radius 2 is 2.40 bits per heavy atom. The van der Waals surface area contributed by atoms with Crippen LogP contribution in [0.15, 0.2) is 0 Å². The third kappa shape index (κ3) is 1.96. The van der Waals surface area contributed by atoms with E-state index in [-0.39, 0.29) is 6.10 Å². The van der Waals surface area contributed by atoms with Crippen molar-refractivity contribution in [2.24, 2.45) is 5.92 Å². The lowest BCUT2D eigenvalue weighted by molar-refractivity contribution is 0.0768. The smallest absolute Gasteiger partial charge is 0.0693 e. The van der Waals surface area contributed by atoms with Crippen LogP contribution in [0.2, 0.25) is 0 Å². The zero-order valence-corrected chi connectivity index (χ0v) is 6.64. The first-order chi connectivity index (χ1) is 4.84. The Hall–Kier alpha value is -0.0800. The molecule has 2 N–H and O–H groups in total. The normalized spacial score (nSPS) is 34.2. The minimum atomic E-state index is -0.0892. The summed E-state index contributed by atoms with van der Waals surface area (Å²) in [6.07, 6.45) is 3.44. The van der Waals surface area contributed by atoms with Crippen LogP contribution in [0.1, 0.15) is 26.2 Å². The van der Waals surface area contributed by atoms with Gasteiger partial charge in [-0.3, -0.25) is 0 Å². The van der Waals surface area contributed by atoms with Crippen LogP contribution in [0, 0.1) is 5.92 Å². The second-order valence-corrected chi connectivity index (χ2v) is 3.11. The molecule has 1 heterocycles. The maximum absolute atomic E-state index is 9.44. The van der Waals surface area contributed by atoms with Crippen molar-refractivity contribution in [3.63, 3.8) is 0 Å². The molecule has 60 valence electrons. The number of rotatable bonds is 2. The Labute approximate surface area is 62.6 Å². The summed E-state index contributed by atoms with van der Waals surface area (Å²) >= 11 is 0. The van der Waals surface area contributed by atoms with Crippen molar-refractivity contribution in [2.75, 3.05) is 13.1 Å². The largest absolute Gasteiger partial charge is 0.392 e. The lowest BCUT2D eigenvalue weighted by atomic mass is 9.91. The Balaban J connectivity index is 2.25. The minimum absolute atomic E-state index is 0.0892. The molecule has 0 amide bonds. The first kappa shape index (κ1) is 8.02. The van der Waals surface area contributed by atoms with Crippen molar-refractivity contribution in [1.82, 2.24) is 5.32 Å². The fraction of sp³-hybridized carbons (Fsp3) is 1.00. The van der Waals surface area contributed by atoms with Gasteiger partial charge in [0.1, 0.15) is 0 Å². The van der Waals surface area contributed by atoms with Gasteiger partial charge in [-0.1, -0.05) is 13.3 Å². The topological polar surface area (TPSA) is 32.3 Å². The van der Waals surface area contributed by atoms with Crippen LogP contribution in [0.3, 0.4) is 0 Å². The van der Waals surface area contributed by atoms with Crippen LogP contribution in [0.4, 0.5) is 0 Å². The molecule has 10 heavy (non-hydrogen) atoms. The molecule has 1 aliphatic rings. The summed E-state index contributed by atoms with van der Waals surface area (Å²) in [4.78, 5) is 0. The summed E-state index contributed by atoms with van der Waals surface area (Å²) in [6.45, 7) is 4.06. The third-order valence-corrected chi connectivity index (χ3v) is 2.25. The molecule has 0 aromatic heterocycles. The molecule has 0 bridgehead atoms. The molecule has 0 spiro atoms. The highest BCUT2D eigenvalue weighted by atomic mass is 16.3. The SMILES string of the molecule is CCCC1CCNC[C@H]1O. The van der Waals surface area contributed by atoms with E-state index >= 15 is 0 Å². The maximum atomic E-state index is 9.44. The van der Waals surface area contributed by atoms with Gasteiger partial charge < -0.3 is 10.4 Å². The van der Waals surface area contributed by atoms with Gasteiger partial charge in [0.05, 0.1) is 6.10 Å². The lowest BCUT2D eigenvalue weighted by Crippen LogP contribution is -2.40. The quantitative estimate of drug-likeness (QED) is 0.598. The molecule has 1 saturated heterocycles. The number of piperidine rings is 1. The second kappa shape index (κ2) is 3.94. The van der Waals surface area contributed by atoms with Gasteiger partial charge in [0.25, 0.3) is 0 Å². The summed E-state index contributed by atoms with van der Waals surface area (Å²) in [5.74, 6) is 0.561. The van der Waals surface area contributed by atoms with E-state index in [0.717, 1.165) is 19.5 Å². The summed E-state index contributed by atoms with van der Waals surface area (Å²) in [6, 6.07) is 0. The molecule has 0 saturated carbocycles. The molecule has 1 rings (SSSR count). The van der Waals surface area contributed by atoms with Crippen LogP contribution in [-0.4, -0.2) is 24.3 Å². The van der Waals surface area contributed by atoms with Crippen molar-refractivity contribution >= 4 is 0 Å². The molecule has 0 radical (unpaired) electrons. The predicted octanol–water partition coefficient (Wildman–Crippen LogP) is 0.757. The van der Waals surface area contributed by atoms with Crippen molar-refractivity contribution < 1.29 is 5.11 Å². The highest BCUT2D eigenvalue weighted by Gasteiger charge is 2.20. The Morgan fingerprint density at radius 3 is 3.00 bits per heavy atom. The standard InChI is InChI=1S/C8H17NO/c1-2-3-7-4-5-9-6-8(7)10/h7-10H,2-6H2,1H3/t7?,8-/m1/s1. The number of hydrogen-bond acceptors (Lipinski definition) is 2. The van der Waals surface area contributed by atoms with E-state index in [2.05, 4.69) is 12.2 Å². The average molecular weight is 143 g/mol. The first-order valence-electron chi connectivity index (χ1n) is 4.23. The van der Waals surface area contributed by atoms with Gasteiger partial charge in [0.2, 0.25) is 0 Å². The zero-order chi connectivity index (χ0) is 7.40. The summed E-state index contributed by atoms with van der Waals surface area (Å²) in [7, 11) is 0. The Kier molecular flexibility index (Phi) is 3.16. The van der Waals surface area contributed by atoms with E-state index in [9.17, 15) is 5.11 Å². The zero-order valence-electron chi connectivity index (χ0n) is 6.64. The molecule has 2 heteroatoms. The molecule has 1 fully saturated rings. The van der Waals surface area contributed by atoms with Gasteiger partial charge in [0.15, 0.2) is 0 Å². The molecule has 1 aliphatic heterocycles.